The molecule has 2 atom stereocenters. The highest BCUT2D eigenvalue weighted by atomic mass is 35.5. The van der Waals surface area contributed by atoms with Gasteiger partial charge < -0.3 is 15.5 Å². The van der Waals surface area contributed by atoms with Crippen LogP contribution in [0.25, 0.3) is 0 Å². The summed E-state index contributed by atoms with van der Waals surface area (Å²) in [5, 5.41) is 6.33. The van der Waals surface area contributed by atoms with E-state index in [1.54, 1.807) is 0 Å². The zero-order valence-corrected chi connectivity index (χ0v) is 15.6. The van der Waals surface area contributed by atoms with Crippen molar-refractivity contribution in [1.82, 2.24) is 15.5 Å². The van der Waals surface area contributed by atoms with Gasteiger partial charge in [0.15, 0.2) is 0 Å². The Labute approximate surface area is 151 Å². The molecule has 2 aliphatic heterocycles. The Balaban J connectivity index is 0.00000208. The van der Waals surface area contributed by atoms with Gasteiger partial charge in [-0.2, -0.15) is 0 Å². The Hall–Kier alpha value is -0.810. The molecule has 0 spiro atoms. The van der Waals surface area contributed by atoms with E-state index in [0.29, 0.717) is 18.4 Å². The lowest BCUT2D eigenvalue weighted by atomic mass is 9.93. The van der Waals surface area contributed by atoms with Gasteiger partial charge in [0, 0.05) is 25.0 Å². The molecule has 2 amide bonds. The van der Waals surface area contributed by atoms with Crippen LogP contribution in [-0.4, -0.2) is 48.9 Å². The number of nitrogens with zero attached hydrogens (tertiary/aromatic N) is 1. The Morgan fingerprint density at radius 3 is 2.67 bits per heavy atom. The topological polar surface area (TPSA) is 61.4 Å². The van der Waals surface area contributed by atoms with Gasteiger partial charge in [-0.15, -0.1) is 12.4 Å². The lowest BCUT2D eigenvalue weighted by Gasteiger charge is -2.35. The minimum absolute atomic E-state index is 0. The third kappa shape index (κ3) is 4.42. The first-order valence-corrected chi connectivity index (χ1v) is 9.45. The molecule has 138 valence electrons. The zero-order chi connectivity index (χ0) is 16.3. The zero-order valence-electron chi connectivity index (χ0n) is 14.8. The lowest BCUT2D eigenvalue weighted by molar-refractivity contribution is -0.139. The van der Waals surface area contributed by atoms with E-state index in [-0.39, 0.29) is 29.8 Å². The van der Waals surface area contributed by atoms with Crippen LogP contribution >= 0.6 is 12.4 Å². The van der Waals surface area contributed by atoms with Gasteiger partial charge in [0.05, 0.1) is 6.04 Å². The normalized spacial score (nSPS) is 28.1. The van der Waals surface area contributed by atoms with Gasteiger partial charge in [-0.3, -0.25) is 9.59 Å². The van der Waals surface area contributed by atoms with E-state index >= 15 is 0 Å². The highest BCUT2D eigenvalue weighted by Crippen LogP contribution is 2.51. The Morgan fingerprint density at radius 1 is 1.25 bits per heavy atom. The van der Waals surface area contributed by atoms with E-state index in [1.165, 1.54) is 0 Å². The molecule has 24 heavy (non-hydrogen) atoms. The number of piperidine rings is 1. The molecule has 3 aliphatic rings. The van der Waals surface area contributed by atoms with E-state index in [9.17, 15) is 9.59 Å². The van der Waals surface area contributed by atoms with Crippen molar-refractivity contribution in [1.29, 1.82) is 0 Å². The van der Waals surface area contributed by atoms with Crippen molar-refractivity contribution in [3.05, 3.63) is 0 Å². The fourth-order valence-corrected chi connectivity index (χ4v) is 4.23. The second-order valence-corrected chi connectivity index (χ2v) is 7.68. The van der Waals surface area contributed by atoms with Gasteiger partial charge in [-0.25, -0.2) is 0 Å². The van der Waals surface area contributed by atoms with Crippen LogP contribution < -0.4 is 10.6 Å². The van der Waals surface area contributed by atoms with Crippen LogP contribution in [0.2, 0.25) is 0 Å². The molecule has 2 unspecified atom stereocenters. The van der Waals surface area contributed by atoms with Crippen molar-refractivity contribution in [3.8, 4) is 0 Å². The van der Waals surface area contributed by atoms with Gasteiger partial charge in [0.25, 0.3) is 0 Å². The third-order valence-electron chi connectivity index (χ3n) is 5.78. The maximum absolute atomic E-state index is 12.8. The minimum atomic E-state index is -0.0202. The lowest BCUT2D eigenvalue weighted by Crippen LogP contribution is -2.48. The minimum Gasteiger partial charge on any atom is -0.354 e. The monoisotopic (exact) mass is 357 g/mol. The number of hydrogen-bond donors (Lipinski definition) is 2. The quantitative estimate of drug-likeness (QED) is 0.765. The Morgan fingerprint density at radius 2 is 2.04 bits per heavy atom. The van der Waals surface area contributed by atoms with Gasteiger partial charge in [-0.1, -0.05) is 13.3 Å². The highest BCUT2D eigenvalue weighted by Gasteiger charge is 2.50. The third-order valence-corrected chi connectivity index (χ3v) is 5.78. The number of carbonyl (C=O) groups excluding carboxylic acids is 2. The molecule has 1 saturated carbocycles. The summed E-state index contributed by atoms with van der Waals surface area (Å²) in [6.45, 7) is 5.55. The van der Waals surface area contributed by atoms with Crippen LogP contribution in [-0.2, 0) is 9.59 Å². The molecule has 2 heterocycles. The Kier molecular flexibility index (Phi) is 6.93. The molecule has 1 aliphatic carbocycles. The van der Waals surface area contributed by atoms with Crippen LogP contribution in [0.3, 0.4) is 0 Å². The number of nitrogens with one attached hydrogen (secondary N) is 2. The summed E-state index contributed by atoms with van der Waals surface area (Å²) in [7, 11) is 0. The summed E-state index contributed by atoms with van der Waals surface area (Å²) in [4.78, 5) is 27.0. The highest BCUT2D eigenvalue weighted by molar-refractivity contribution is 5.86. The van der Waals surface area contributed by atoms with Gasteiger partial charge in [-0.05, 0) is 57.4 Å². The smallest absolute Gasteiger partial charge is 0.237 e. The number of hydrogen-bond acceptors (Lipinski definition) is 3. The van der Waals surface area contributed by atoms with Crippen molar-refractivity contribution in [3.63, 3.8) is 0 Å². The summed E-state index contributed by atoms with van der Waals surface area (Å²) < 4.78 is 0. The van der Waals surface area contributed by atoms with Gasteiger partial charge >= 0.3 is 0 Å². The molecule has 3 fully saturated rings. The maximum Gasteiger partial charge on any atom is 0.237 e. The Bertz CT molecular complexity index is 448. The second-order valence-electron chi connectivity index (χ2n) is 7.68. The maximum atomic E-state index is 12.8. The molecule has 2 saturated heterocycles. The van der Waals surface area contributed by atoms with E-state index in [0.717, 1.165) is 71.0 Å². The van der Waals surface area contributed by atoms with Crippen LogP contribution in [0.5, 0.6) is 0 Å². The molecular weight excluding hydrogens is 326 g/mol. The predicted octanol–water partition coefficient (Wildman–Crippen LogP) is 2.10. The van der Waals surface area contributed by atoms with Gasteiger partial charge in [0.1, 0.15) is 0 Å². The first kappa shape index (κ1) is 19.5. The van der Waals surface area contributed by atoms with Crippen molar-refractivity contribution in [2.24, 2.45) is 11.3 Å². The van der Waals surface area contributed by atoms with Crippen LogP contribution in [0.1, 0.15) is 58.3 Å². The number of halogens is 1. The van der Waals surface area contributed by atoms with E-state index in [2.05, 4.69) is 22.5 Å². The fourth-order valence-electron chi connectivity index (χ4n) is 4.23. The predicted molar refractivity (Wildman–Crippen MR) is 97.2 cm³/mol. The van der Waals surface area contributed by atoms with Crippen molar-refractivity contribution in [2.45, 2.75) is 64.3 Å². The summed E-state index contributed by atoms with van der Waals surface area (Å²) in [6.07, 6.45) is 8.49. The summed E-state index contributed by atoms with van der Waals surface area (Å²) in [5.41, 5.74) is -0.0202. The number of rotatable bonds is 6. The summed E-state index contributed by atoms with van der Waals surface area (Å²) in [5.74, 6) is 0.930. The fraction of sp³-hybridized carbons (Fsp3) is 0.889. The van der Waals surface area contributed by atoms with Crippen molar-refractivity contribution < 1.29 is 9.59 Å². The van der Waals surface area contributed by atoms with Crippen molar-refractivity contribution >= 4 is 24.2 Å². The van der Waals surface area contributed by atoms with Crippen LogP contribution in [0.15, 0.2) is 0 Å². The largest absolute Gasteiger partial charge is 0.354 e. The average molecular weight is 358 g/mol. The van der Waals surface area contributed by atoms with E-state index in [4.69, 9.17) is 0 Å². The summed E-state index contributed by atoms with van der Waals surface area (Å²) in [6, 6.07) is -0.00406. The van der Waals surface area contributed by atoms with E-state index in [1.807, 2.05) is 0 Å². The molecule has 0 aromatic carbocycles. The average Bonchev–Trinajstić information content (AvgIpc) is 3.14. The SMILES string of the molecule is CCCC1(C(=O)N2CCCC(CNC(=O)C3CCCN3)C2)CC1.Cl. The number of likely N-dealkylation sites (tertiary alicyclic amines) is 1. The number of carbonyl (C=O) groups is 2. The molecule has 5 nitrogen and oxygen atoms in total. The van der Waals surface area contributed by atoms with Gasteiger partial charge in [0.2, 0.25) is 11.8 Å². The number of amides is 2. The molecule has 6 heteroatoms. The first-order chi connectivity index (χ1) is 11.1. The van der Waals surface area contributed by atoms with Crippen LogP contribution in [0.4, 0.5) is 0 Å². The van der Waals surface area contributed by atoms with Crippen LogP contribution in [0, 0.1) is 11.3 Å². The summed E-state index contributed by atoms with van der Waals surface area (Å²) >= 11 is 0. The molecule has 0 aromatic heterocycles. The molecule has 3 rings (SSSR count). The standard InChI is InChI=1S/C18H31N3O2.ClH/c1-2-7-18(8-9-18)17(23)21-11-4-5-14(13-21)12-20-16(22)15-6-3-10-19-15;/h14-15,19H,2-13H2,1H3,(H,20,22);1H. The van der Waals surface area contributed by atoms with E-state index < -0.39 is 0 Å². The molecule has 0 radical (unpaired) electrons. The first-order valence-electron chi connectivity index (χ1n) is 9.45. The van der Waals surface area contributed by atoms with Crippen molar-refractivity contribution in [2.75, 3.05) is 26.2 Å². The second kappa shape index (κ2) is 8.52. The molecular formula is C18H32ClN3O2. The molecule has 0 aromatic rings. The molecule has 2 N–H and O–H groups in total. The molecule has 0 bridgehead atoms.